The van der Waals surface area contributed by atoms with E-state index in [9.17, 15) is 0 Å². The van der Waals surface area contributed by atoms with Crippen LogP contribution in [0.3, 0.4) is 0 Å². The van der Waals surface area contributed by atoms with Gasteiger partial charge in [0.1, 0.15) is 0 Å². The van der Waals surface area contributed by atoms with Crippen LogP contribution in [0.25, 0.3) is 0 Å². The van der Waals surface area contributed by atoms with Crippen LogP contribution in [-0.2, 0) is 0 Å². The van der Waals surface area contributed by atoms with Crippen molar-refractivity contribution in [2.24, 2.45) is 0 Å². The van der Waals surface area contributed by atoms with Gasteiger partial charge in [-0.05, 0) is 19.8 Å². The van der Waals surface area contributed by atoms with Crippen LogP contribution in [0.2, 0.25) is 0 Å². The molecule has 0 aliphatic heterocycles. The van der Waals surface area contributed by atoms with Gasteiger partial charge in [0.15, 0.2) is 0 Å². The molecule has 0 aliphatic rings. The van der Waals surface area contributed by atoms with E-state index in [0.717, 1.165) is 6.42 Å². The van der Waals surface area contributed by atoms with Crippen LogP contribution in [0.15, 0.2) is 12.2 Å². The predicted molar refractivity (Wildman–Crippen MR) is 90.8 cm³/mol. The van der Waals surface area contributed by atoms with Crippen molar-refractivity contribution in [2.45, 2.75) is 103 Å². The molecule has 20 heavy (non-hydrogen) atoms. The van der Waals surface area contributed by atoms with Crippen LogP contribution >= 0.6 is 0 Å². The summed E-state index contributed by atoms with van der Waals surface area (Å²) in [6.07, 6.45) is 23.7. The molecule has 0 amide bonds. The highest BCUT2D eigenvalue weighted by Crippen LogP contribution is 2.12. The molecule has 0 heterocycles. The Balaban J connectivity index is 3.01. The molecule has 0 rings (SSSR count). The normalized spacial score (nSPS) is 13.2. The minimum absolute atomic E-state index is 0.312. The average Bonchev–Trinajstić information content (AvgIpc) is 2.43. The maximum absolute atomic E-state index is 9.05. The maximum atomic E-state index is 9.05. The Morgan fingerprint density at radius 3 is 1.65 bits per heavy atom. The molecule has 0 bridgehead atoms. The van der Waals surface area contributed by atoms with Gasteiger partial charge in [-0.1, -0.05) is 89.7 Å². The van der Waals surface area contributed by atoms with Gasteiger partial charge >= 0.3 is 0 Å². The minimum atomic E-state index is -0.312. The first-order chi connectivity index (χ1) is 9.77. The van der Waals surface area contributed by atoms with Crippen molar-refractivity contribution in [3.63, 3.8) is 0 Å². The van der Waals surface area contributed by atoms with Crippen molar-refractivity contribution >= 4 is 0 Å². The summed E-state index contributed by atoms with van der Waals surface area (Å²) in [5, 5.41) is 9.05. The first-order valence-electron chi connectivity index (χ1n) is 8.95. The van der Waals surface area contributed by atoms with E-state index >= 15 is 0 Å². The summed E-state index contributed by atoms with van der Waals surface area (Å²) in [7, 11) is 0. The van der Waals surface area contributed by atoms with Gasteiger partial charge in [-0.3, -0.25) is 0 Å². The second-order valence-corrected chi connectivity index (χ2v) is 6.04. The van der Waals surface area contributed by atoms with E-state index in [0.29, 0.717) is 0 Å². The fourth-order valence-electron chi connectivity index (χ4n) is 2.44. The molecule has 1 heteroatoms. The van der Waals surface area contributed by atoms with Crippen molar-refractivity contribution in [1.29, 1.82) is 0 Å². The number of aliphatic hydroxyl groups excluding tert-OH is 1. The number of unbranched alkanes of at least 4 members (excludes halogenated alkanes) is 12. The van der Waals surface area contributed by atoms with Gasteiger partial charge in [-0.2, -0.15) is 0 Å². The Hall–Kier alpha value is -0.300. The number of hydrogen-bond donors (Lipinski definition) is 1. The molecule has 0 saturated carbocycles. The van der Waals surface area contributed by atoms with Crippen molar-refractivity contribution in [2.75, 3.05) is 0 Å². The quantitative estimate of drug-likeness (QED) is 0.353. The Morgan fingerprint density at radius 1 is 0.750 bits per heavy atom. The zero-order chi connectivity index (χ0) is 14.9. The lowest BCUT2D eigenvalue weighted by Crippen LogP contribution is -1.96. The molecule has 0 aromatic heterocycles. The standard InChI is InChI=1S/C19H37O/c1-3-4-5-6-7-8-9-10-11-12-13-14-15-16-17-18-19(2)20/h16-20H,3-15H2,1-2H3/b17-16+. The molecule has 0 fully saturated rings. The summed E-state index contributed by atoms with van der Waals surface area (Å²) >= 11 is 0. The van der Waals surface area contributed by atoms with Crippen LogP contribution in [0.5, 0.6) is 0 Å². The lowest BCUT2D eigenvalue weighted by atomic mass is 10.0. The fraction of sp³-hybridized carbons (Fsp3) is 0.842. The highest BCUT2D eigenvalue weighted by Gasteiger charge is 1.93. The molecule has 1 atom stereocenters. The fourth-order valence-corrected chi connectivity index (χ4v) is 2.44. The number of hydrogen-bond acceptors (Lipinski definition) is 1. The van der Waals surface area contributed by atoms with E-state index in [1.54, 1.807) is 6.92 Å². The molecular formula is C19H37O. The van der Waals surface area contributed by atoms with E-state index < -0.39 is 0 Å². The van der Waals surface area contributed by atoms with Gasteiger partial charge in [0.25, 0.3) is 0 Å². The third-order valence-corrected chi connectivity index (χ3v) is 3.75. The van der Waals surface area contributed by atoms with Gasteiger partial charge in [0, 0.05) is 6.42 Å². The second-order valence-electron chi connectivity index (χ2n) is 6.04. The van der Waals surface area contributed by atoms with Crippen molar-refractivity contribution < 1.29 is 5.11 Å². The van der Waals surface area contributed by atoms with E-state index in [1.165, 1.54) is 77.0 Å². The van der Waals surface area contributed by atoms with Crippen molar-refractivity contribution in [3.8, 4) is 0 Å². The van der Waals surface area contributed by atoms with Gasteiger partial charge in [0.05, 0.1) is 6.10 Å². The Labute approximate surface area is 127 Å². The summed E-state index contributed by atoms with van der Waals surface area (Å²) in [6, 6.07) is 0. The van der Waals surface area contributed by atoms with Crippen LogP contribution in [0.4, 0.5) is 0 Å². The molecular weight excluding hydrogens is 244 g/mol. The van der Waals surface area contributed by atoms with Crippen molar-refractivity contribution in [3.05, 3.63) is 18.6 Å². The molecule has 0 aromatic carbocycles. The molecule has 1 radical (unpaired) electrons. The summed E-state index contributed by atoms with van der Waals surface area (Å²) in [4.78, 5) is 0. The van der Waals surface area contributed by atoms with E-state index in [1.807, 2.05) is 12.5 Å². The van der Waals surface area contributed by atoms with Gasteiger partial charge < -0.3 is 5.11 Å². The highest BCUT2D eigenvalue weighted by molar-refractivity contribution is 4.97. The van der Waals surface area contributed by atoms with E-state index in [2.05, 4.69) is 13.0 Å². The van der Waals surface area contributed by atoms with Crippen LogP contribution in [0.1, 0.15) is 97.3 Å². The Kier molecular flexibility index (Phi) is 16.5. The van der Waals surface area contributed by atoms with Crippen LogP contribution in [-0.4, -0.2) is 11.2 Å². The Bertz CT molecular complexity index is 196. The molecule has 1 nitrogen and oxygen atoms in total. The first kappa shape index (κ1) is 19.7. The number of rotatable bonds is 15. The lowest BCUT2D eigenvalue weighted by Gasteiger charge is -2.02. The highest BCUT2D eigenvalue weighted by atomic mass is 16.3. The predicted octanol–water partition coefficient (Wildman–Crippen LogP) is 6.22. The van der Waals surface area contributed by atoms with E-state index in [-0.39, 0.29) is 6.10 Å². The number of aliphatic hydroxyl groups is 1. The summed E-state index contributed by atoms with van der Waals surface area (Å²) < 4.78 is 0. The second kappa shape index (κ2) is 16.8. The zero-order valence-electron chi connectivity index (χ0n) is 13.9. The lowest BCUT2D eigenvalue weighted by molar-refractivity contribution is 0.232. The summed E-state index contributed by atoms with van der Waals surface area (Å²) in [5.74, 6) is 0. The third kappa shape index (κ3) is 17.7. The minimum Gasteiger partial charge on any atom is -0.393 e. The monoisotopic (exact) mass is 281 g/mol. The SMILES string of the molecule is CCCCCCCCCCCCCC/C=C/[CH]C(C)O. The average molecular weight is 282 g/mol. The zero-order valence-corrected chi connectivity index (χ0v) is 13.9. The molecule has 0 spiro atoms. The summed E-state index contributed by atoms with van der Waals surface area (Å²) in [6.45, 7) is 4.06. The Morgan fingerprint density at radius 2 is 1.20 bits per heavy atom. The largest absolute Gasteiger partial charge is 0.393 e. The molecule has 1 N–H and O–H groups in total. The topological polar surface area (TPSA) is 20.2 Å². The molecule has 0 aromatic rings. The smallest absolute Gasteiger partial charge is 0.0581 e. The first-order valence-corrected chi connectivity index (χ1v) is 8.95. The molecule has 0 aliphatic carbocycles. The van der Waals surface area contributed by atoms with Crippen LogP contribution < -0.4 is 0 Å². The van der Waals surface area contributed by atoms with Crippen LogP contribution in [0, 0.1) is 6.42 Å². The third-order valence-electron chi connectivity index (χ3n) is 3.75. The van der Waals surface area contributed by atoms with Crippen molar-refractivity contribution in [1.82, 2.24) is 0 Å². The maximum Gasteiger partial charge on any atom is 0.0581 e. The van der Waals surface area contributed by atoms with Gasteiger partial charge in [-0.15, -0.1) is 0 Å². The number of allylic oxidation sites excluding steroid dienone is 1. The summed E-state index contributed by atoms with van der Waals surface area (Å²) in [5.41, 5.74) is 0. The van der Waals surface area contributed by atoms with Gasteiger partial charge in [0.2, 0.25) is 0 Å². The molecule has 1 unspecified atom stereocenters. The molecule has 0 saturated heterocycles. The van der Waals surface area contributed by atoms with Gasteiger partial charge in [-0.25, -0.2) is 0 Å². The molecule has 119 valence electrons. The van der Waals surface area contributed by atoms with E-state index in [4.69, 9.17) is 5.11 Å².